The van der Waals surface area contributed by atoms with Gasteiger partial charge in [0.1, 0.15) is 5.75 Å². The summed E-state index contributed by atoms with van der Waals surface area (Å²) in [5, 5.41) is 1.07. The summed E-state index contributed by atoms with van der Waals surface area (Å²) in [5.41, 5.74) is 3.25. The maximum atomic E-state index is 13.6. The molecule has 4 aromatic rings. The summed E-state index contributed by atoms with van der Waals surface area (Å²) in [6.07, 6.45) is 2.66. The lowest BCUT2D eigenvalue weighted by atomic mass is 10.1. The van der Waals surface area contributed by atoms with Gasteiger partial charge in [0.15, 0.2) is 5.13 Å². The number of rotatable bonds is 6. The molecule has 0 aliphatic heterocycles. The minimum atomic E-state index is -0.241. The van der Waals surface area contributed by atoms with Crippen LogP contribution in [0.5, 0.6) is 5.75 Å². The van der Waals surface area contributed by atoms with Crippen LogP contribution >= 0.6 is 22.9 Å². The van der Waals surface area contributed by atoms with Gasteiger partial charge in [-0.15, -0.1) is 0 Å². The van der Waals surface area contributed by atoms with Gasteiger partial charge in [0.2, 0.25) is 0 Å². The van der Waals surface area contributed by atoms with Gasteiger partial charge in [-0.25, -0.2) is 4.98 Å². The van der Waals surface area contributed by atoms with Crippen LogP contribution in [-0.2, 0) is 13.0 Å². The number of pyridine rings is 1. The third-order valence-corrected chi connectivity index (χ3v) is 6.04. The highest BCUT2D eigenvalue weighted by Crippen LogP contribution is 2.33. The first kappa shape index (κ1) is 20.3. The van der Waals surface area contributed by atoms with Gasteiger partial charge >= 0.3 is 0 Å². The predicted octanol–water partition coefficient (Wildman–Crippen LogP) is 5.76. The number of carbonyl (C=O) groups is 1. The molecule has 30 heavy (non-hydrogen) atoms. The molecule has 2 heterocycles. The Hall–Kier alpha value is -2.96. The predicted molar refractivity (Wildman–Crippen MR) is 122 cm³/mol. The molecule has 7 heteroatoms. The van der Waals surface area contributed by atoms with Crippen molar-refractivity contribution >= 4 is 44.2 Å². The second kappa shape index (κ2) is 8.81. The summed E-state index contributed by atoms with van der Waals surface area (Å²) in [5.74, 6) is 0.222. The second-order valence-corrected chi connectivity index (χ2v) is 8.15. The van der Waals surface area contributed by atoms with E-state index in [-0.39, 0.29) is 12.5 Å². The molecule has 0 fully saturated rings. The number of carbonyl (C=O) groups excluding carboxylic acids is 1. The number of hydrogen-bond acceptors (Lipinski definition) is 5. The van der Waals surface area contributed by atoms with E-state index in [9.17, 15) is 4.79 Å². The highest BCUT2D eigenvalue weighted by Gasteiger charge is 2.25. The number of anilines is 1. The van der Waals surface area contributed by atoms with Crippen molar-refractivity contribution in [3.05, 3.63) is 82.6 Å². The summed E-state index contributed by atoms with van der Waals surface area (Å²) in [4.78, 5) is 24.4. The molecule has 0 atom stereocenters. The number of amides is 1. The zero-order valence-corrected chi connectivity index (χ0v) is 18.2. The third kappa shape index (κ3) is 4.15. The number of thiazole rings is 1. The number of aromatic nitrogens is 2. The molecule has 4 rings (SSSR count). The van der Waals surface area contributed by atoms with Crippen molar-refractivity contribution in [2.75, 3.05) is 12.0 Å². The van der Waals surface area contributed by atoms with Crippen LogP contribution in [0.25, 0.3) is 10.2 Å². The molecule has 0 saturated carbocycles. The maximum absolute atomic E-state index is 13.6. The first-order valence-corrected chi connectivity index (χ1v) is 10.7. The smallest absolute Gasteiger partial charge is 0.264 e. The van der Waals surface area contributed by atoms with Crippen molar-refractivity contribution in [1.82, 2.24) is 9.97 Å². The van der Waals surface area contributed by atoms with Crippen LogP contribution < -0.4 is 9.64 Å². The standard InChI is InChI=1S/C23H20ClN3O2S/c1-3-15-7-9-19-21(12-15)30-23(26-19)27(14-17-6-4-5-11-25-17)22(28)18-13-16(24)8-10-20(18)29-2/h4-13H,3,14H2,1-2H3. The number of aryl methyl sites for hydroxylation is 1. The number of nitrogens with zero attached hydrogens (tertiary/aromatic N) is 3. The minimum Gasteiger partial charge on any atom is -0.496 e. The van der Waals surface area contributed by atoms with Crippen molar-refractivity contribution in [1.29, 1.82) is 0 Å². The summed E-state index contributed by atoms with van der Waals surface area (Å²) in [6.45, 7) is 2.40. The van der Waals surface area contributed by atoms with Crippen molar-refractivity contribution in [3.63, 3.8) is 0 Å². The monoisotopic (exact) mass is 437 g/mol. The van der Waals surface area contributed by atoms with Crippen molar-refractivity contribution in [2.45, 2.75) is 19.9 Å². The maximum Gasteiger partial charge on any atom is 0.264 e. The molecule has 152 valence electrons. The van der Waals surface area contributed by atoms with Crippen LogP contribution in [0, 0.1) is 0 Å². The molecule has 0 unspecified atom stereocenters. The summed E-state index contributed by atoms with van der Waals surface area (Å²) in [6, 6.07) is 16.8. The largest absolute Gasteiger partial charge is 0.496 e. The topological polar surface area (TPSA) is 55.3 Å². The third-order valence-electron chi connectivity index (χ3n) is 4.76. The SMILES string of the molecule is CCc1ccc2nc(N(Cc3ccccn3)C(=O)c3cc(Cl)ccc3OC)sc2c1. The van der Waals surface area contributed by atoms with Gasteiger partial charge in [0.25, 0.3) is 5.91 Å². The lowest BCUT2D eigenvalue weighted by molar-refractivity contribution is 0.0982. The molecule has 5 nitrogen and oxygen atoms in total. The van der Waals surface area contributed by atoms with Crippen LogP contribution in [0.3, 0.4) is 0 Å². The van der Waals surface area contributed by atoms with Crippen LogP contribution in [-0.4, -0.2) is 23.0 Å². The second-order valence-electron chi connectivity index (χ2n) is 6.71. The Balaban J connectivity index is 1.80. The summed E-state index contributed by atoms with van der Waals surface area (Å²) >= 11 is 7.66. The average Bonchev–Trinajstić information content (AvgIpc) is 3.20. The van der Waals surface area contributed by atoms with Gasteiger partial charge in [-0.3, -0.25) is 14.7 Å². The van der Waals surface area contributed by atoms with E-state index in [2.05, 4.69) is 24.0 Å². The fourth-order valence-electron chi connectivity index (χ4n) is 3.16. The average molecular weight is 438 g/mol. The zero-order valence-electron chi connectivity index (χ0n) is 16.6. The van der Waals surface area contributed by atoms with E-state index >= 15 is 0 Å². The zero-order chi connectivity index (χ0) is 21.1. The number of hydrogen-bond donors (Lipinski definition) is 0. The Bertz CT molecular complexity index is 1190. The number of ether oxygens (including phenoxy) is 1. The van der Waals surface area contributed by atoms with E-state index in [1.807, 2.05) is 24.3 Å². The van der Waals surface area contributed by atoms with E-state index < -0.39 is 0 Å². The van der Waals surface area contributed by atoms with Gasteiger partial charge in [-0.2, -0.15) is 0 Å². The van der Waals surface area contributed by atoms with Gasteiger partial charge in [0, 0.05) is 11.2 Å². The van der Waals surface area contributed by atoms with Crippen LogP contribution in [0.4, 0.5) is 5.13 Å². The number of methoxy groups -OCH3 is 1. The highest BCUT2D eigenvalue weighted by molar-refractivity contribution is 7.22. The molecule has 0 aliphatic rings. The summed E-state index contributed by atoms with van der Waals surface area (Å²) < 4.78 is 6.45. The molecule has 0 aliphatic carbocycles. The van der Waals surface area contributed by atoms with Crippen molar-refractivity contribution < 1.29 is 9.53 Å². The minimum absolute atomic E-state index is 0.241. The molecule has 0 N–H and O–H groups in total. The Labute approximate surface area is 183 Å². The molecule has 0 spiro atoms. The normalized spacial score (nSPS) is 10.9. The molecular weight excluding hydrogens is 418 g/mol. The van der Waals surface area contributed by atoms with E-state index in [1.54, 1.807) is 29.3 Å². The molecule has 0 radical (unpaired) electrons. The van der Waals surface area contributed by atoms with Gasteiger partial charge in [-0.05, 0) is 54.4 Å². The van der Waals surface area contributed by atoms with E-state index in [0.29, 0.717) is 21.5 Å². The van der Waals surface area contributed by atoms with Crippen molar-refractivity contribution in [2.24, 2.45) is 0 Å². The van der Waals surface area contributed by atoms with Crippen LogP contribution in [0.15, 0.2) is 60.8 Å². The van der Waals surface area contributed by atoms with Gasteiger partial charge in [0.05, 0.1) is 35.1 Å². The molecule has 2 aromatic carbocycles. The van der Waals surface area contributed by atoms with Crippen LogP contribution in [0.1, 0.15) is 28.5 Å². The lowest BCUT2D eigenvalue weighted by Gasteiger charge is -2.21. The fraction of sp³-hybridized carbons (Fsp3) is 0.174. The van der Waals surface area contributed by atoms with Gasteiger partial charge < -0.3 is 4.74 Å². The van der Waals surface area contributed by atoms with E-state index in [1.165, 1.54) is 24.0 Å². The first-order chi connectivity index (χ1) is 14.6. The quantitative estimate of drug-likeness (QED) is 0.384. The number of halogens is 1. The van der Waals surface area contributed by atoms with Crippen LogP contribution in [0.2, 0.25) is 5.02 Å². The molecule has 1 amide bonds. The number of benzene rings is 2. The summed E-state index contributed by atoms with van der Waals surface area (Å²) in [7, 11) is 1.53. The molecule has 2 aromatic heterocycles. The first-order valence-electron chi connectivity index (χ1n) is 9.54. The highest BCUT2D eigenvalue weighted by atomic mass is 35.5. The Kier molecular flexibility index (Phi) is 5.97. The Morgan fingerprint density at radius 1 is 1.17 bits per heavy atom. The molecular formula is C23H20ClN3O2S. The fourth-order valence-corrected chi connectivity index (χ4v) is 4.36. The lowest BCUT2D eigenvalue weighted by Crippen LogP contribution is -2.31. The van der Waals surface area contributed by atoms with Gasteiger partial charge in [-0.1, -0.05) is 42.0 Å². The van der Waals surface area contributed by atoms with E-state index in [4.69, 9.17) is 21.3 Å². The Morgan fingerprint density at radius 2 is 2.03 bits per heavy atom. The number of fused-ring (bicyclic) bond motifs is 1. The Morgan fingerprint density at radius 3 is 2.77 bits per heavy atom. The van der Waals surface area contributed by atoms with Crippen molar-refractivity contribution in [3.8, 4) is 5.75 Å². The van der Waals surface area contributed by atoms with E-state index in [0.717, 1.165) is 22.3 Å². The molecule has 0 saturated heterocycles. The molecule has 0 bridgehead atoms.